The first-order chi connectivity index (χ1) is 8.61. The molecule has 2 saturated heterocycles. The summed E-state index contributed by atoms with van der Waals surface area (Å²) in [5.41, 5.74) is 0.436. The third-order valence-corrected chi connectivity index (χ3v) is 4.58. The monoisotopic (exact) mass is 255 g/mol. The van der Waals surface area contributed by atoms with E-state index in [1.165, 1.54) is 19.3 Å². The molecule has 2 rings (SSSR count). The third kappa shape index (κ3) is 3.69. The van der Waals surface area contributed by atoms with E-state index in [9.17, 15) is 0 Å². The molecule has 0 amide bonds. The number of hydrogen-bond acceptors (Lipinski definition) is 3. The lowest BCUT2D eigenvalue weighted by Gasteiger charge is -2.34. The van der Waals surface area contributed by atoms with Crippen LogP contribution in [0.3, 0.4) is 0 Å². The highest BCUT2D eigenvalue weighted by molar-refractivity contribution is 4.83. The van der Waals surface area contributed by atoms with Gasteiger partial charge in [0.1, 0.15) is 0 Å². The Kier molecular flexibility index (Phi) is 5.05. The van der Waals surface area contributed by atoms with E-state index in [1.54, 1.807) is 0 Å². The molecule has 106 valence electrons. The average Bonchev–Trinajstić information content (AvgIpc) is 2.78. The molecule has 1 N–H and O–H groups in total. The van der Waals surface area contributed by atoms with Crippen LogP contribution in [0.1, 0.15) is 40.0 Å². The van der Waals surface area contributed by atoms with Crippen LogP contribution in [0.2, 0.25) is 0 Å². The zero-order chi connectivity index (χ0) is 13.0. The Hall–Kier alpha value is -0.120. The zero-order valence-electron chi connectivity index (χ0n) is 12.2. The second-order valence-corrected chi connectivity index (χ2v) is 6.68. The molecule has 2 fully saturated rings. The van der Waals surface area contributed by atoms with Crippen LogP contribution in [-0.2, 0) is 9.47 Å². The predicted molar refractivity (Wildman–Crippen MR) is 73.7 cm³/mol. The van der Waals surface area contributed by atoms with Crippen LogP contribution in [0, 0.1) is 17.3 Å². The molecule has 0 aromatic heterocycles. The van der Waals surface area contributed by atoms with E-state index in [2.05, 4.69) is 26.1 Å². The van der Waals surface area contributed by atoms with Gasteiger partial charge in [-0.25, -0.2) is 0 Å². The lowest BCUT2D eigenvalue weighted by molar-refractivity contribution is 0.0218. The largest absolute Gasteiger partial charge is 0.381 e. The van der Waals surface area contributed by atoms with Crippen molar-refractivity contribution in [3.05, 3.63) is 0 Å². The van der Waals surface area contributed by atoms with Crippen LogP contribution < -0.4 is 5.32 Å². The molecule has 0 radical (unpaired) electrons. The molecule has 0 aromatic rings. The summed E-state index contributed by atoms with van der Waals surface area (Å²) in [6.45, 7) is 12.0. The number of nitrogens with one attached hydrogen (secondary N) is 1. The highest BCUT2D eigenvalue weighted by Gasteiger charge is 2.31. The Morgan fingerprint density at radius 2 is 1.94 bits per heavy atom. The molecule has 18 heavy (non-hydrogen) atoms. The molecule has 0 saturated carbocycles. The fourth-order valence-electron chi connectivity index (χ4n) is 3.21. The average molecular weight is 255 g/mol. The van der Waals surface area contributed by atoms with Crippen LogP contribution in [0.25, 0.3) is 0 Å². The molecule has 0 bridgehead atoms. The Balaban J connectivity index is 1.71. The summed E-state index contributed by atoms with van der Waals surface area (Å²) in [5, 5.41) is 3.69. The molecule has 2 atom stereocenters. The topological polar surface area (TPSA) is 30.5 Å². The Labute approximate surface area is 112 Å². The van der Waals surface area contributed by atoms with Gasteiger partial charge in [0.2, 0.25) is 0 Å². The quantitative estimate of drug-likeness (QED) is 0.818. The van der Waals surface area contributed by atoms with Gasteiger partial charge < -0.3 is 14.8 Å². The molecule has 0 aromatic carbocycles. The molecule has 3 nitrogen and oxygen atoms in total. The second kappa shape index (κ2) is 6.36. The van der Waals surface area contributed by atoms with Crippen molar-refractivity contribution >= 4 is 0 Å². The van der Waals surface area contributed by atoms with Crippen LogP contribution in [0.5, 0.6) is 0 Å². The van der Waals surface area contributed by atoms with Crippen molar-refractivity contribution in [2.24, 2.45) is 17.3 Å². The summed E-state index contributed by atoms with van der Waals surface area (Å²) in [6, 6.07) is 0. The fraction of sp³-hybridized carbons (Fsp3) is 1.00. The van der Waals surface area contributed by atoms with Crippen molar-refractivity contribution in [1.82, 2.24) is 5.32 Å². The summed E-state index contributed by atoms with van der Waals surface area (Å²) in [7, 11) is 0. The van der Waals surface area contributed by atoms with Gasteiger partial charge in [0, 0.05) is 32.9 Å². The van der Waals surface area contributed by atoms with Crippen LogP contribution in [0.15, 0.2) is 0 Å². The predicted octanol–water partition coefficient (Wildman–Crippen LogP) is 2.45. The molecule has 2 heterocycles. The minimum Gasteiger partial charge on any atom is -0.381 e. The molecule has 0 spiro atoms. The summed E-state index contributed by atoms with van der Waals surface area (Å²) >= 11 is 0. The summed E-state index contributed by atoms with van der Waals surface area (Å²) in [6.07, 6.45) is 4.05. The number of rotatable bonds is 5. The van der Waals surface area contributed by atoms with E-state index in [0.717, 1.165) is 32.9 Å². The van der Waals surface area contributed by atoms with E-state index < -0.39 is 0 Å². The first-order valence-electron chi connectivity index (χ1n) is 7.51. The smallest absolute Gasteiger partial charge is 0.0639 e. The molecule has 2 aliphatic rings. The summed E-state index contributed by atoms with van der Waals surface area (Å²) in [5.74, 6) is 1.34. The zero-order valence-corrected chi connectivity index (χ0v) is 12.2. The van der Waals surface area contributed by atoms with Gasteiger partial charge in [-0.2, -0.15) is 0 Å². The Bertz CT molecular complexity index is 249. The number of ether oxygens (including phenoxy) is 2. The van der Waals surface area contributed by atoms with Gasteiger partial charge in [0.05, 0.1) is 6.10 Å². The van der Waals surface area contributed by atoms with Crippen molar-refractivity contribution in [3.63, 3.8) is 0 Å². The molecule has 2 aliphatic heterocycles. The van der Waals surface area contributed by atoms with Crippen molar-refractivity contribution in [2.45, 2.75) is 46.1 Å². The van der Waals surface area contributed by atoms with Gasteiger partial charge in [0.15, 0.2) is 0 Å². The molecule has 3 heteroatoms. The summed E-state index contributed by atoms with van der Waals surface area (Å²) < 4.78 is 11.3. The van der Waals surface area contributed by atoms with Gasteiger partial charge in [0.25, 0.3) is 0 Å². The van der Waals surface area contributed by atoms with Crippen LogP contribution >= 0.6 is 0 Å². The van der Waals surface area contributed by atoms with Gasteiger partial charge in [-0.15, -0.1) is 0 Å². The Morgan fingerprint density at radius 3 is 2.61 bits per heavy atom. The summed E-state index contributed by atoms with van der Waals surface area (Å²) in [4.78, 5) is 0. The van der Waals surface area contributed by atoms with Gasteiger partial charge in [-0.05, 0) is 36.5 Å². The minimum absolute atomic E-state index is 0.436. The maximum atomic E-state index is 5.83. The third-order valence-electron chi connectivity index (χ3n) is 4.58. The van der Waals surface area contributed by atoms with Crippen LogP contribution in [-0.4, -0.2) is 39.0 Å². The molecule has 0 aliphatic carbocycles. The van der Waals surface area contributed by atoms with Crippen LogP contribution in [0.4, 0.5) is 0 Å². The van der Waals surface area contributed by atoms with E-state index >= 15 is 0 Å². The first kappa shape index (κ1) is 14.3. The molecule has 0 unspecified atom stereocenters. The highest BCUT2D eigenvalue weighted by Crippen LogP contribution is 2.30. The SMILES string of the molecule is CC(C)[C@H]1OCC[C@@H]1CNCC1(C)CCOCC1. The lowest BCUT2D eigenvalue weighted by atomic mass is 9.82. The molecular formula is C15H29NO2. The second-order valence-electron chi connectivity index (χ2n) is 6.68. The van der Waals surface area contributed by atoms with Crippen molar-refractivity contribution < 1.29 is 9.47 Å². The Morgan fingerprint density at radius 1 is 1.22 bits per heavy atom. The maximum absolute atomic E-state index is 5.83. The number of hydrogen-bond donors (Lipinski definition) is 1. The van der Waals surface area contributed by atoms with Crippen molar-refractivity contribution in [3.8, 4) is 0 Å². The van der Waals surface area contributed by atoms with Gasteiger partial charge in [-0.3, -0.25) is 0 Å². The minimum atomic E-state index is 0.436. The first-order valence-corrected chi connectivity index (χ1v) is 7.51. The standard InChI is InChI=1S/C15H29NO2/c1-12(2)14-13(4-7-18-14)10-16-11-15(3)5-8-17-9-6-15/h12-14,16H,4-11H2,1-3H3/t13-,14-/m1/s1. The van der Waals surface area contributed by atoms with E-state index in [0.29, 0.717) is 23.4 Å². The fourth-order valence-corrected chi connectivity index (χ4v) is 3.21. The maximum Gasteiger partial charge on any atom is 0.0639 e. The van der Waals surface area contributed by atoms with E-state index in [4.69, 9.17) is 9.47 Å². The normalized spacial score (nSPS) is 32.0. The van der Waals surface area contributed by atoms with E-state index in [1.807, 2.05) is 0 Å². The van der Waals surface area contributed by atoms with Crippen molar-refractivity contribution in [2.75, 3.05) is 32.9 Å². The lowest BCUT2D eigenvalue weighted by Crippen LogP contribution is -2.40. The van der Waals surface area contributed by atoms with Gasteiger partial charge in [-0.1, -0.05) is 20.8 Å². The molecular weight excluding hydrogens is 226 g/mol. The van der Waals surface area contributed by atoms with Crippen molar-refractivity contribution in [1.29, 1.82) is 0 Å². The van der Waals surface area contributed by atoms with E-state index in [-0.39, 0.29) is 0 Å². The van der Waals surface area contributed by atoms with Gasteiger partial charge >= 0.3 is 0 Å². The highest BCUT2D eigenvalue weighted by atomic mass is 16.5.